The fourth-order valence-corrected chi connectivity index (χ4v) is 2.39. The molecule has 2 aromatic carbocycles. The highest BCUT2D eigenvalue weighted by Crippen LogP contribution is 2.22. The average molecular weight is 289 g/mol. The highest BCUT2D eigenvalue weighted by Gasteiger charge is 2.08. The number of aromatic nitrogens is 3. The van der Waals surface area contributed by atoms with E-state index in [2.05, 4.69) is 10.2 Å². The molecule has 5 heteroatoms. The van der Waals surface area contributed by atoms with E-state index in [1.54, 1.807) is 18.5 Å². The van der Waals surface area contributed by atoms with Crippen LogP contribution in [0.1, 0.15) is 0 Å². The Kier molecular flexibility index (Phi) is 2.83. The number of hydrogen-bond donors (Lipinski definition) is 0. The number of nitrogens with zero attached hydrogens (tertiary/aromatic N) is 3. The van der Waals surface area contributed by atoms with Gasteiger partial charge in [-0.3, -0.25) is 0 Å². The summed E-state index contributed by atoms with van der Waals surface area (Å²) in [6, 6.07) is 16.9. The first kappa shape index (κ1) is 12.5. The number of benzene rings is 2. The van der Waals surface area contributed by atoms with Crippen LogP contribution in [0.15, 0.2) is 76.2 Å². The van der Waals surface area contributed by atoms with Gasteiger partial charge in [0.25, 0.3) is 0 Å². The third kappa shape index (κ3) is 2.09. The fourth-order valence-electron chi connectivity index (χ4n) is 2.39. The molecule has 0 aliphatic carbocycles. The molecule has 0 aliphatic heterocycles. The number of rotatable bonds is 2. The Balaban J connectivity index is 1.89. The van der Waals surface area contributed by atoms with Crippen LogP contribution >= 0.6 is 0 Å². The normalized spacial score (nSPS) is 10.9. The van der Waals surface area contributed by atoms with Gasteiger partial charge in [0.05, 0.1) is 23.6 Å². The lowest BCUT2D eigenvalue weighted by atomic mass is 10.1. The smallest absolute Gasteiger partial charge is 0.344 e. The van der Waals surface area contributed by atoms with E-state index in [0.717, 1.165) is 16.6 Å². The largest absolute Gasteiger partial charge is 0.422 e. The SMILES string of the molecule is O=c1oc2cc(-n3nccn3)ccc2cc1-c1ccccc1. The zero-order valence-corrected chi connectivity index (χ0v) is 11.5. The highest BCUT2D eigenvalue weighted by molar-refractivity contribution is 5.83. The second-order valence-electron chi connectivity index (χ2n) is 4.85. The minimum atomic E-state index is -0.357. The van der Waals surface area contributed by atoms with Gasteiger partial charge in [0.2, 0.25) is 0 Å². The minimum absolute atomic E-state index is 0.357. The second kappa shape index (κ2) is 4.96. The summed E-state index contributed by atoms with van der Waals surface area (Å²) in [4.78, 5) is 13.7. The van der Waals surface area contributed by atoms with Crippen LogP contribution < -0.4 is 5.63 Å². The lowest BCUT2D eigenvalue weighted by Crippen LogP contribution is -2.03. The molecule has 4 aromatic rings. The van der Waals surface area contributed by atoms with Gasteiger partial charge in [-0.15, -0.1) is 0 Å². The molecule has 0 N–H and O–H groups in total. The van der Waals surface area contributed by atoms with E-state index < -0.39 is 0 Å². The molecular weight excluding hydrogens is 278 g/mol. The third-order valence-electron chi connectivity index (χ3n) is 3.45. The first-order valence-electron chi connectivity index (χ1n) is 6.81. The molecule has 2 aromatic heterocycles. The molecule has 5 nitrogen and oxygen atoms in total. The molecule has 22 heavy (non-hydrogen) atoms. The molecule has 0 aliphatic rings. The van der Waals surface area contributed by atoms with Crippen molar-refractivity contribution < 1.29 is 4.42 Å². The van der Waals surface area contributed by atoms with Crippen molar-refractivity contribution in [1.82, 2.24) is 15.0 Å². The van der Waals surface area contributed by atoms with E-state index in [9.17, 15) is 4.79 Å². The van der Waals surface area contributed by atoms with Crippen LogP contribution in [-0.4, -0.2) is 15.0 Å². The Morgan fingerprint density at radius 2 is 1.68 bits per heavy atom. The summed E-state index contributed by atoms with van der Waals surface area (Å²) in [5, 5.41) is 8.99. The number of fused-ring (bicyclic) bond motifs is 1. The molecule has 2 heterocycles. The maximum atomic E-state index is 12.2. The Hall–Kier alpha value is -3.21. The summed E-state index contributed by atoms with van der Waals surface area (Å²) in [5.74, 6) is 0. The third-order valence-corrected chi connectivity index (χ3v) is 3.45. The Morgan fingerprint density at radius 3 is 2.45 bits per heavy atom. The van der Waals surface area contributed by atoms with Crippen molar-refractivity contribution in [2.45, 2.75) is 0 Å². The molecule has 0 bridgehead atoms. The van der Waals surface area contributed by atoms with Gasteiger partial charge < -0.3 is 4.42 Å². The Morgan fingerprint density at radius 1 is 0.909 bits per heavy atom. The van der Waals surface area contributed by atoms with Crippen molar-refractivity contribution in [3.63, 3.8) is 0 Å². The molecule has 106 valence electrons. The first-order chi connectivity index (χ1) is 10.8. The number of hydrogen-bond acceptors (Lipinski definition) is 4. The van der Waals surface area contributed by atoms with E-state index in [-0.39, 0.29) is 5.63 Å². The quantitative estimate of drug-likeness (QED) is 0.532. The zero-order chi connectivity index (χ0) is 14.9. The maximum absolute atomic E-state index is 12.2. The van der Waals surface area contributed by atoms with Gasteiger partial charge in [-0.05, 0) is 23.8 Å². The molecule has 0 fully saturated rings. The topological polar surface area (TPSA) is 60.9 Å². The van der Waals surface area contributed by atoms with E-state index in [0.29, 0.717) is 11.1 Å². The van der Waals surface area contributed by atoms with Gasteiger partial charge in [-0.1, -0.05) is 30.3 Å². The van der Waals surface area contributed by atoms with Crippen LogP contribution in [0.2, 0.25) is 0 Å². The zero-order valence-electron chi connectivity index (χ0n) is 11.5. The van der Waals surface area contributed by atoms with E-state index in [1.165, 1.54) is 4.80 Å². The molecule has 0 saturated heterocycles. The van der Waals surface area contributed by atoms with Crippen molar-refractivity contribution in [2.24, 2.45) is 0 Å². The lowest BCUT2D eigenvalue weighted by Gasteiger charge is -2.04. The van der Waals surface area contributed by atoms with Crippen molar-refractivity contribution in [3.05, 3.63) is 77.4 Å². The monoisotopic (exact) mass is 289 g/mol. The molecule has 0 unspecified atom stereocenters. The van der Waals surface area contributed by atoms with Gasteiger partial charge in [-0.2, -0.15) is 15.0 Å². The van der Waals surface area contributed by atoms with Crippen LogP contribution in [0.25, 0.3) is 27.8 Å². The fraction of sp³-hybridized carbons (Fsp3) is 0. The molecule has 0 saturated carbocycles. The van der Waals surface area contributed by atoms with Gasteiger partial charge in [0.1, 0.15) is 5.58 Å². The summed E-state index contributed by atoms with van der Waals surface area (Å²) < 4.78 is 5.46. The predicted molar refractivity (Wildman–Crippen MR) is 82.8 cm³/mol. The summed E-state index contributed by atoms with van der Waals surface area (Å²) >= 11 is 0. The summed E-state index contributed by atoms with van der Waals surface area (Å²) in [6.07, 6.45) is 3.19. The van der Waals surface area contributed by atoms with Gasteiger partial charge >= 0.3 is 5.63 Å². The summed E-state index contributed by atoms with van der Waals surface area (Å²) in [5.41, 5.74) is 2.30. The van der Waals surface area contributed by atoms with Crippen LogP contribution in [0.5, 0.6) is 0 Å². The molecule has 4 rings (SSSR count). The standard InChI is InChI=1S/C17H11N3O2/c21-17-15(12-4-2-1-3-5-12)10-13-6-7-14(11-16(13)22-17)20-18-8-9-19-20/h1-11H. The van der Waals surface area contributed by atoms with Crippen molar-refractivity contribution >= 4 is 11.0 Å². The molecular formula is C17H11N3O2. The highest BCUT2D eigenvalue weighted by atomic mass is 16.4. The first-order valence-corrected chi connectivity index (χ1v) is 6.81. The van der Waals surface area contributed by atoms with Crippen molar-refractivity contribution in [3.8, 4) is 16.8 Å². The lowest BCUT2D eigenvalue weighted by molar-refractivity contribution is 0.562. The Bertz CT molecular complexity index is 990. The van der Waals surface area contributed by atoms with Crippen molar-refractivity contribution in [2.75, 3.05) is 0 Å². The molecule has 0 spiro atoms. The van der Waals surface area contributed by atoms with Crippen LogP contribution in [0.4, 0.5) is 0 Å². The molecule has 0 amide bonds. The molecule has 0 radical (unpaired) electrons. The van der Waals surface area contributed by atoms with Crippen LogP contribution in [-0.2, 0) is 0 Å². The second-order valence-corrected chi connectivity index (χ2v) is 4.85. The maximum Gasteiger partial charge on any atom is 0.344 e. The van der Waals surface area contributed by atoms with E-state index in [4.69, 9.17) is 4.42 Å². The van der Waals surface area contributed by atoms with Gasteiger partial charge in [0.15, 0.2) is 0 Å². The minimum Gasteiger partial charge on any atom is -0.422 e. The summed E-state index contributed by atoms with van der Waals surface area (Å²) in [7, 11) is 0. The summed E-state index contributed by atoms with van der Waals surface area (Å²) in [6.45, 7) is 0. The van der Waals surface area contributed by atoms with Gasteiger partial charge in [0, 0.05) is 11.5 Å². The van der Waals surface area contributed by atoms with E-state index in [1.807, 2.05) is 48.5 Å². The Labute approximate surface area is 125 Å². The van der Waals surface area contributed by atoms with Crippen LogP contribution in [0.3, 0.4) is 0 Å². The predicted octanol–water partition coefficient (Wildman–Crippen LogP) is 3.04. The van der Waals surface area contributed by atoms with Crippen molar-refractivity contribution in [1.29, 1.82) is 0 Å². The van der Waals surface area contributed by atoms with Crippen LogP contribution in [0, 0.1) is 0 Å². The van der Waals surface area contributed by atoms with Gasteiger partial charge in [-0.25, -0.2) is 4.79 Å². The van der Waals surface area contributed by atoms with E-state index >= 15 is 0 Å². The average Bonchev–Trinajstić information content (AvgIpc) is 3.09. The molecule has 0 atom stereocenters.